The van der Waals surface area contributed by atoms with Crippen LogP contribution in [0.1, 0.15) is 33.1 Å². The van der Waals surface area contributed by atoms with E-state index in [2.05, 4.69) is 46.8 Å². The molecule has 110 valence electrons. The van der Waals surface area contributed by atoms with E-state index in [4.69, 9.17) is 0 Å². The first-order valence-corrected chi connectivity index (χ1v) is 7.95. The molecule has 0 saturated heterocycles. The number of hydrogen-bond acceptors (Lipinski definition) is 3. The molecule has 0 aromatic carbocycles. The van der Waals surface area contributed by atoms with Crippen LogP contribution in [0.2, 0.25) is 0 Å². The largest absolute Gasteiger partial charge is 0.380 e. The van der Waals surface area contributed by atoms with E-state index >= 15 is 0 Å². The number of anilines is 1. The first kappa shape index (κ1) is 15.3. The van der Waals surface area contributed by atoms with E-state index in [9.17, 15) is 4.79 Å². The molecule has 0 amide bonds. The minimum absolute atomic E-state index is 0.119. The lowest BCUT2D eigenvalue weighted by Gasteiger charge is -2.33. The molecule has 1 aliphatic rings. The van der Waals surface area contributed by atoms with Crippen molar-refractivity contribution in [3.8, 4) is 0 Å². The van der Waals surface area contributed by atoms with E-state index in [1.54, 1.807) is 12.3 Å². The van der Waals surface area contributed by atoms with Crippen molar-refractivity contribution in [2.45, 2.75) is 45.7 Å². The highest BCUT2D eigenvalue weighted by atomic mass is 79.9. The average molecular weight is 340 g/mol. The van der Waals surface area contributed by atoms with Crippen molar-refractivity contribution in [2.75, 3.05) is 5.32 Å². The van der Waals surface area contributed by atoms with Crippen molar-refractivity contribution >= 4 is 21.6 Å². The van der Waals surface area contributed by atoms with Gasteiger partial charge in [0.15, 0.2) is 0 Å². The third-order valence-electron chi connectivity index (χ3n) is 4.06. The topological polar surface area (TPSA) is 46.9 Å². The van der Waals surface area contributed by atoms with Crippen LogP contribution >= 0.6 is 15.9 Å². The zero-order valence-corrected chi connectivity index (χ0v) is 13.7. The lowest BCUT2D eigenvalue weighted by Crippen LogP contribution is -2.34. The van der Waals surface area contributed by atoms with Gasteiger partial charge in [-0.05, 0) is 47.0 Å². The quantitative estimate of drug-likeness (QED) is 0.855. The predicted octanol–water partition coefficient (Wildman–Crippen LogP) is 3.43. The Hall–Kier alpha value is -1.10. The fourth-order valence-electron chi connectivity index (χ4n) is 2.90. The van der Waals surface area contributed by atoms with Gasteiger partial charge in [0, 0.05) is 6.04 Å². The molecule has 1 fully saturated rings. The van der Waals surface area contributed by atoms with Crippen molar-refractivity contribution < 1.29 is 0 Å². The summed E-state index contributed by atoms with van der Waals surface area (Å²) < 4.78 is 1.95. The SMILES string of the molecule is C=CCn1ncc(NC2CCC(C)CC2C)c(Br)c1=O. The maximum absolute atomic E-state index is 12.1. The van der Waals surface area contributed by atoms with Crippen LogP contribution in [0.3, 0.4) is 0 Å². The molecule has 0 bridgehead atoms. The Balaban J connectivity index is 2.16. The second kappa shape index (κ2) is 6.57. The first-order valence-electron chi connectivity index (χ1n) is 7.16. The van der Waals surface area contributed by atoms with Gasteiger partial charge in [-0.3, -0.25) is 4.79 Å². The van der Waals surface area contributed by atoms with Gasteiger partial charge in [-0.2, -0.15) is 5.10 Å². The van der Waals surface area contributed by atoms with Gasteiger partial charge in [0.25, 0.3) is 5.56 Å². The van der Waals surface area contributed by atoms with Crippen LogP contribution in [-0.4, -0.2) is 15.8 Å². The van der Waals surface area contributed by atoms with Gasteiger partial charge in [0.2, 0.25) is 0 Å². The zero-order valence-electron chi connectivity index (χ0n) is 12.1. The highest BCUT2D eigenvalue weighted by Crippen LogP contribution is 2.31. The molecule has 1 aromatic rings. The standard InChI is InChI=1S/C15H22BrN3O/c1-4-7-19-15(20)14(16)13(9-17-19)18-12-6-5-10(2)8-11(12)3/h4,9-12,18H,1,5-8H2,2-3H3. The van der Waals surface area contributed by atoms with E-state index < -0.39 is 0 Å². The van der Waals surface area contributed by atoms with Crippen molar-refractivity contribution in [2.24, 2.45) is 11.8 Å². The van der Waals surface area contributed by atoms with Gasteiger partial charge in [-0.1, -0.05) is 19.9 Å². The highest BCUT2D eigenvalue weighted by Gasteiger charge is 2.26. The van der Waals surface area contributed by atoms with Crippen molar-refractivity contribution in [3.05, 3.63) is 33.7 Å². The summed E-state index contributed by atoms with van der Waals surface area (Å²) in [5, 5.41) is 7.66. The lowest BCUT2D eigenvalue weighted by molar-refractivity contribution is 0.276. The van der Waals surface area contributed by atoms with Crippen molar-refractivity contribution in [1.82, 2.24) is 9.78 Å². The Bertz CT molecular complexity index is 540. The normalized spacial score (nSPS) is 26.2. The summed E-state index contributed by atoms with van der Waals surface area (Å²) in [5.41, 5.74) is 0.674. The molecule has 1 aromatic heterocycles. The number of allylic oxidation sites excluding steroid dienone is 1. The van der Waals surface area contributed by atoms with Crippen molar-refractivity contribution in [1.29, 1.82) is 0 Å². The van der Waals surface area contributed by atoms with Gasteiger partial charge in [-0.15, -0.1) is 6.58 Å². The monoisotopic (exact) mass is 339 g/mol. The third-order valence-corrected chi connectivity index (χ3v) is 4.83. The van der Waals surface area contributed by atoms with E-state index in [1.807, 2.05) is 0 Å². The summed E-state index contributed by atoms with van der Waals surface area (Å²) in [6.45, 7) is 8.63. The van der Waals surface area contributed by atoms with Crippen LogP contribution in [0, 0.1) is 11.8 Å². The van der Waals surface area contributed by atoms with Crippen LogP contribution in [-0.2, 0) is 6.54 Å². The molecule has 1 aliphatic carbocycles. The van der Waals surface area contributed by atoms with E-state index in [0.29, 0.717) is 23.0 Å². The number of nitrogens with one attached hydrogen (secondary N) is 1. The number of nitrogens with zero attached hydrogens (tertiary/aromatic N) is 2. The summed E-state index contributed by atoms with van der Waals surface area (Å²) in [5.74, 6) is 1.41. The molecule has 20 heavy (non-hydrogen) atoms. The Morgan fingerprint density at radius 1 is 1.55 bits per heavy atom. The molecule has 5 heteroatoms. The molecule has 1 saturated carbocycles. The Kier molecular flexibility index (Phi) is 5.02. The molecule has 0 aliphatic heterocycles. The number of halogens is 1. The molecular weight excluding hydrogens is 318 g/mol. The Morgan fingerprint density at radius 2 is 2.30 bits per heavy atom. The molecular formula is C15H22BrN3O. The minimum Gasteiger partial charge on any atom is -0.380 e. The molecule has 4 nitrogen and oxygen atoms in total. The van der Waals surface area contributed by atoms with Gasteiger partial charge in [0.05, 0.1) is 18.4 Å². The average Bonchev–Trinajstić information content (AvgIpc) is 2.41. The van der Waals surface area contributed by atoms with E-state index in [0.717, 1.165) is 18.0 Å². The van der Waals surface area contributed by atoms with Crippen LogP contribution < -0.4 is 10.9 Å². The maximum atomic E-state index is 12.1. The fourth-order valence-corrected chi connectivity index (χ4v) is 3.32. The smallest absolute Gasteiger partial charge is 0.283 e. The minimum atomic E-state index is -0.119. The molecule has 1 N–H and O–H groups in total. The second-order valence-corrected chi connectivity index (χ2v) is 6.59. The predicted molar refractivity (Wildman–Crippen MR) is 86.0 cm³/mol. The Morgan fingerprint density at radius 3 is 2.95 bits per heavy atom. The summed E-state index contributed by atoms with van der Waals surface area (Å²) >= 11 is 3.39. The molecule has 3 atom stereocenters. The molecule has 3 unspecified atom stereocenters. The summed E-state index contributed by atoms with van der Waals surface area (Å²) in [4.78, 5) is 12.1. The molecule has 1 heterocycles. The zero-order chi connectivity index (χ0) is 14.7. The van der Waals surface area contributed by atoms with Crippen LogP contribution in [0.5, 0.6) is 0 Å². The molecule has 0 radical (unpaired) electrons. The summed E-state index contributed by atoms with van der Waals surface area (Å²) in [6, 6.07) is 0.416. The van der Waals surface area contributed by atoms with E-state index in [-0.39, 0.29) is 5.56 Å². The van der Waals surface area contributed by atoms with Crippen LogP contribution in [0.4, 0.5) is 5.69 Å². The molecule has 0 spiro atoms. The highest BCUT2D eigenvalue weighted by molar-refractivity contribution is 9.10. The van der Waals surface area contributed by atoms with Gasteiger partial charge in [-0.25, -0.2) is 4.68 Å². The van der Waals surface area contributed by atoms with Crippen molar-refractivity contribution in [3.63, 3.8) is 0 Å². The lowest BCUT2D eigenvalue weighted by atomic mass is 9.80. The van der Waals surface area contributed by atoms with Crippen LogP contribution in [0.15, 0.2) is 28.1 Å². The van der Waals surface area contributed by atoms with Gasteiger partial charge >= 0.3 is 0 Å². The van der Waals surface area contributed by atoms with Gasteiger partial charge < -0.3 is 5.32 Å². The number of hydrogen-bond donors (Lipinski definition) is 1. The maximum Gasteiger partial charge on any atom is 0.283 e. The van der Waals surface area contributed by atoms with E-state index in [1.165, 1.54) is 17.5 Å². The first-order chi connectivity index (χ1) is 9.52. The second-order valence-electron chi connectivity index (χ2n) is 5.79. The number of aromatic nitrogens is 2. The third kappa shape index (κ3) is 3.32. The molecule has 2 rings (SSSR count). The van der Waals surface area contributed by atoms with Gasteiger partial charge in [0.1, 0.15) is 4.47 Å². The van der Waals surface area contributed by atoms with Crippen LogP contribution in [0.25, 0.3) is 0 Å². The summed E-state index contributed by atoms with van der Waals surface area (Å²) in [6.07, 6.45) is 7.00. The summed E-state index contributed by atoms with van der Waals surface area (Å²) in [7, 11) is 0. The Labute approximate surface area is 128 Å². The number of rotatable bonds is 4. The fraction of sp³-hybridized carbons (Fsp3) is 0.600.